The minimum atomic E-state index is -4.84. The van der Waals surface area contributed by atoms with Crippen LogP contribution in [0, 0.1) is 0 Å². The van der Waals surface area contributed by atoms with E-state index in [-0.39, 0.29) is 25.5 Å². The number of fused-ring (bicyclic) bond motifs is 2. The Morgan fingerprint density at radius 1 is 1.40 bits per heavy atom. The maximum Gasteiger partial charge on any atom is 0.418 e. The van der Waals surface area contributed by atoms with Gasteiger partial charge in [0, 0.05) is 6.54 Å². The van der Waals surface area contributed by atoms with E-state index < -0.39 is 46.5 Å². The quantitative estimate of drug-likeness (QED) is 0.211. The predicted octanol–water partition coefficient (Wildman–Crippen LogP) is -3.14. The fourth-order valence-electron chi connectivity index (χ4n) is 2.98. The summed E-state index contributed by atoms with van der Waals surface area (Å²) in [7, 11) is -4.84. The van der Waals surface area contributed by atoms with Gasteiger partial charge in [0.15, 0.2) is 0 Å². The molecule has 14 heteroatoms. The smallest absolute Gasteiger partial charge is 0.347 e. The second-order valence-corrected chi connectivity index (χ2v) is 6.93. The van der Waals surface area contributed by atoms with Crippen molar-refractivity contribution in [1.29, 1.82) is 0 Å². The van der Waals surface area contributed by atoms with Gasteiger partial charge < -0.3 is 16.0 Å². The highest BCUT2D eigenvalue weighted by atomic mass is 32.3. The molecule has 3 rings (SSSR count). The van der Waals surface area contributed by atoms with Crippen LogP contribution in [0.25, 0.3) is 0 Å². The minimum Gasteiger partial charge on any atom is -0.347 e. The van der Waals surface area contributed by atoms with Crippen molar-refractivity contribution < 1.29 is 36.5 Å². The van der Waals surface area contributed by atoms with Crippen LogP contribution in [-0.4, -0.2) is 78.1 Å². The van der Waals surface area contributed by atoms with Crippen molar-refractivity contribution >= 4 is 28.2 Å². The molecule has 3 saturated heterocycles. The lowest BCUT2D eigenvalue weighted by molar-refractivity contribution is -0.142. The molecule has 140 valence electrons. The number of hydrogen-bond donors (Lipinski definition) is 4. The molecule has 0 aromatic rings. The molecule has 0 aliphatic carbocycles. The highest BCUT2D eigenvalue weighted by Gasteiger charge is 2.49. The van der Waals surface area contributed by atoms with Crippen molar-refractivity contribution in [1.82, 2.24) is 20.8 Å². The van der Waals surface area contributed by atoms with Crippen LogP contribution in [0.1, 0.15) is 12.8 Å². The van der Waals surface area contributed by atoms with E-state index in [1.165, 1.54) is 0 Å². The number of piperidine rings is 1. The van der Waals surface area contributed by atoms with Gasteiger partial charge in [-0.1, -0.05) is 0 Å². The molecule has 5 N–H and O–H groups in total. The third-order valence-corrected chi connectivity index (χ3v) is 4.65. The van der Waals surface area contributed by atoms with Crippen molar-refractivity contribution in [3.63, 3.8) is 0 Å². The molecule has 3 aliphatic heterocycles. The molecule has 3 aliphatic rings. The maximum atomic E-state index is 12.2. The van der Waals surface area contributed by atoms with E-state index in [0.717, 1.165) is 4.90 Å². The average Bonchev–Trinajstić information content (AvgIpc) is 2.77. The highest BCUT2D eigenvalue weighted by Crippen LogP contribution is 2.30. The van der Waals surface area contributed by atoms with Gasteiger partial charge in [-0.3, -0.25) is 19.0 Å². The van der Waals surface area contributed by atoms with Crippen LogP contribution >= 0.6 is 0 Å². The van der Waals surface area contributed by atoms with Gasteiger partial charge in [0.05, 0.1) is 18.7 Å². The number of carbonyl (C=O) groups excluding carboxylic acids is 3. The van der Waals surface area contributed by atoms with Crippen LogP contribution in [-0.2, 0) is 29.1 Å². The van der Waals surface area contributed by atoms with Gasteiger partial charge in [-0.05, 0) is 12.8 Å². The summed E-state index contributed by atoms with van der Waals surface area (Å²) in [4.78, 5) is 41.4. The first-order chi connectivity index (χ1) is 11.7. The third kappa shape index (κ3) is 3.52. The van der Waals surface area contributed by atoms with E-state index in [1.54, 1.807) is 0 Å². The number of carbonyl (C=O) groups is 3. The fourth-order valence-corrected chi connectivity index (χ4v) is 3.36. The van der Waals surface area contributed by atoms with E-state index in [9.17, 15) is 22.8 Å². The zero-order valence-corrected chi connectivity index (χ0v) is 13.6. The van der Waals surface area contributed by atoms with Crippen molar-refractivity contribution in [3.8, 4) is 0 Å². The van der Waals surface area contributed by atoms with E-state index in [2.05, 4.69) is 15.1 Å². The van der Waals surface area contributed by atoms with Gasteiger partial charge in [0.2, 0.25) is 5.91 Å². The number of β-lactam (4-membered cyclic amide) rings is 1. The summed E-state index contributed by atoms with van der Waals surface area (Å²) in [6, 6.07) is -3.39. The Bertz CT molecular complexity index is 699. The van der Waals surface area contributed by atoms with Crippen LogP contribution < -0.4 is 16.5 Å². The molecule has 0 aromatic heterocycles. The minimum absolute atomic E-state index is 0.0278. The van der Waals surface area contributed by atoms with Crippen LogP contribution in [0.4, 0.5) is 4.79 Å². The summed E-state index contributed by atoms with van der Waals surface area (Å²) in [5, 5.41) is 3.05. The van der Waals surface area contributed by atoms with Crippen LogP contribution in [0.15, 0.2) is 0 Å². The number of hydrogen-bond acceptors (Lipinski definition) is 8. The predicted molar refractivity (Wildman–Crippen MR) is 77.4 cm³/mol. The monoisotopic (exact) mass is 379 g/mol. The van der Waals surface area contributed by atoms with Gasteiger partial charge in [-0.25, -0.2) is 10.3 Å². The second-order valence-electron chi connectivity index (χ2n) is 5.93. The first-order valence-corrected chi connectivity index (χ1v) is 8.78. The van der Waals surface area contributed by atoms with Crippen molar-refractivity contribution in [2.75, 3.05) is 13.2 Å². The molecule has 0 radical (unpaired) electrons. The molecule has 0 unspecified atom stereocenters. The van der Waals surface area contributed by atoms with E-state index >= 15 is 0 Å². The van der Waals surface area contributed by atoms with Gasteiger partial charge in [-0.15, -0.1) is 4.28 Å². The molecule has 13 nitrogen and oxygen atoms in total. The largest absolute Gasteiger partial charge is 0.418 e. The third-order valence-electron chi connectivity index (χ3n) is 4.30. The molecule has 25 heavy (non-hydrogen) atoms. The molecule has 4 amide bonds. The first kappa shape index (κ1) is 17.8. The van der Waals surface area contributed by atoms with Gasteiger partial charge in [0.1, 0.15) is 12.1 Å². The van der Waals surface area contributed by atoms with Gasteiger partial charge in [0.25, 0.3) is 5.91 Å². The molecule has 0 spiro atoms. The summed E-state index contributed by atoms with van der Waals surface area (Å²) >= 11 is 0. The standard InChI is InChI=1S/C11H17N5O8S/c12-8-6(13-10(8)18)4-23-14-9(17)7-2-1-5-3-15(7)11(19)16(5)24-25(20,21)22/h5-8H,1-4,12H2,(H,13,18)(H,14,17)(H,20,21,22)/t5-,6-,7+,8+/m1/s1. The molecule has 4 atom stereocenters. The number of urea groups is 1. The first-order valence-electron chi connectivity index (χ1n) is 7.42. The topological polar surface area (TPSA) is 181 Å². The number of nitrogens with one attached hydrogen (secondary N) is 2. The Morgan fingerprint density at radius 3 is 2.72 bits per heavy atom. The fraction of sp³-hybridized carbons (Fsp3) is 0.727. The normalized spacial score (nSPS) is 31.6. The van der Waals surface area contributed by atoms with E-state index in [4.69, 9.17) is 15.1 Å². The Morgan fingerprint density at radius 2 is 2.12 bits per heavy atom. The van der Waals surface area contributed by atoms with Crippen LogP contribution in [0.5, 0.6) is 0 Å². The summed E-state index contributed by atoms with van der Waals surface area (Å²) in [5.41, 5.74) is 7.70. The lowest BCUT2D eigenvalue weighted by atomic mass is 10.0. The Balaban J connectivity index is 1.53. The summed E-state index contributed by atoms with van der Waals surface area (Å²) < 4.78 is 34.6. The van der Waals surface area contributed by atoms with Crippen molar-refractivity contribution in [2.45, 2.75) is 37.0 Å². The highest BCUT2D eigenvalue weighted by molar-refractivity contribution is 7.80. The van der Waals surface area contributed by atoms with Crippen molar-refractivity contribution in [2.24, 2.45) is 5.73 Å². The van der Waals surface area contributed by atoms with E-state index in [0.29, 0.717) is 11.5 Å². The molecule has 3 fully saturated rings. The van der Waals surface area contributed by atoms with Crippen molar-refractivity contribution in [3.05, 3.63) is 0 Å². The van der Waals surface area contributed by atoms with E-state index in [1.807, 2.05) is 0 Å². The number of rotatable bonds is 6. The zero-order chi connectivity index (χ0) is 18.4. The lowest BCUT2D eigenvalue weighted by Crippen LogP contribution is -2.68. The van der Waals surface area contributed by atoms with Gasteiger partial charge >= 0.3 is 16.4 Å². The zero-order valence-electron chi connectivity index (χ0n) is 12.8. The van der Waals surface area contributed by atoms with Gasteiger partial charge in [-0.2, -0.15) is 13.5 Å². The van der Waals surface area contributed by atoms with Crippen LogP contribution in [0.3, 0.4) is 0 Å². The molecule has 2 bridgehead atoms. The summed E-state index contributed by atoms with van der Waals surface area (Å²) in [6.45, 7) is 0.0515. The Kier molecular flexibility index (Phi) is 4.54. The number of nitrogens with two attached hydrogens (primary N) is 1. The SMILES string of the molecule is N[C@@H]1C(=O)N[C@@H]1CONC(=O)[C@@H]1CC[C@@H]2CN1C(=O)N2OS(=O)(=O)O. The molecule has 3 heterocycles. The Labute approximate surface area is 142 Å². The number of amides is 4. The average molecular weight is 379 g/mol. The van der Waals surface area contributed by atoms with Crippen LogP contribution in [0.2, 0.25) is 0 Å². The maximum absolute atomic E-state index is 12.2. The molecule has 0 saturated carbocycles. The number of hydroxylamine groups is 3. The second kappa shape index (κ2) is 6.38. The molecular weight excluding hydrogens is 362 g/mol. The lowest BCUT2D eigenvalue weighted by Gasteiger charge is -2.33. The summed E-state index contributed by atoms with van der Waals surface area (Å²) in [6.07, 6.45) is 0.565. The Hall–Kier alpha value is -2.00. The molecule has 0 aromatic carbocycles. The summed E-state index contributed by atoms with van der Waals surface area (Å²) in [5.74, 6) is -0.903. The number of nitrogens with zero attached hydrogens (tertiary/aromatic N) is 2. The molecular formula is C11H17N5O8S.